The maximum atomic E-state index is 13.6. The van der Waals surface area contributed by atoms with E-state index in [1.807, 2.05) is 0 Å². The highest BCUT2D eigenvalue weighted by Gasteiger charge is 2.19. The van der Waals surface area contributed by atoms with Gasteiger partial charge >= 0.3 is 0 Å². The van der Waals surface area contributed by atoms with E-state index in [1.54, 1.807) is 0 Å². The molecule has 0 unspecified atom stereocenters. The zero-order valence-corrected chi connectivity index (χ0v) is 8.64. The van der Waals surface area contributed by atoms with Gasteiger partial charge in [0.15, 0.2) is 17.3 Å². The van der Waals surface area contributed by atoms with Gasteiger partial charge in [0.1, 0.15) is 0 Å². The minimum atomic E-state index is -0.835. The van der Waals surface area contributed by atoms with Gasteiger partial charge in [0.05, 0.1) is 14.2 Å². The third kappa shape index (κ3) is 2.18. The van der Waals surface area contributed by atoms with Gasteiger partial charge in [-0.15, -0.1) is 0 Å². The quantitative estimate of drug-likeness (QED) is 0.830. The Labute approximate surface area is 86.8 Å². The van der Waals surface area contributed by atoms with Gasteiger partial charge < -0.3 is 15.2 Å². The van der Waals surface area contributed by atoms with Gasteiger partial charge in [0.2, 0.25) is 5.82 Å². The second kappa shape index (κ2) is 4.93. The van der Waals surface area contributed by atoms with Crippen LogP contribution in [-0.4, -0.2) is 20.8 Å². The predicted molar refractivity (Wildman–Crippen MR) is 52.2 cm³/mol. The Bertz CT molecular complexity index is 356. The minimum Gasteiger partial charge on any atom is -0.494 e. The van der Waals surface area contributed by atoms with Crippen molar-refractivity contribution < 1.29 is 18.3 Å². The maximum Gasteiger partial charge on any atom is 0.209 e. The zero-order valence-electron chi connectivity index (χ0n) is 8.64. The minimum absolute atomic E-state index is 0.0447. The van der Waals surface area contributed by atoms with E-state index in [0.29, 0.717) is 6.42 Å². The lowest BCUT2D eigenvalue weighted by atomic mass is 10.1. The van der Waals surface area contributed by atoms with Crippen molar-refractivity contribution in [2.24, 2.45) is 5.73 Å². The molecule has 0 aliphatic rings. The average Bonchev–Trinajstić information content (AvgIpc) is 2.23. The molecule has 5 heteroatoms. The van der Waals surface area contributed by atoms with Gasteiger partial charge in [-0.3, -0.25) is 0 Å². The van der Waals surface area contributed by atoms with E-state index in [1.165, 1.54) is 20.3 Å². The fourth-order valence-corrected chi connectivity index (χ4v) is 1.30. The molecule has 3 nitrogen and oxygen atoms in total. The van der Waals surface area contributed by atoms with Crippen molar-refractivity contribution in [1.82, 2.24) is 0 Å². The van der Waals surface area contributed by atoms with Crippen LogP contribution in [0.5, 0.6) is 11.5 Å². The van der Waals surface area contributed by atoms with Crippen molar-refractivity contribution in [2.45, 2.75) is 6.42 Å². The Morgan fingerprint density at radius 3 is 2.33 bits per heavy atom. The largest absolute Gasteiger partial charge is 0.494 e. The van der Waals surface area contributed by atoms with Gasteiger partial charge in [-0.2, -0.15) is 4.39 Å². The maximum absolute atomic E-state index is 13.6. The molecule has 0 heterocycles. The molecule has 84 valence electrons. The number of nitrogens with two attached hydrogens (primary N) is 1. The van der Waals surface area contributed by atoms with Gasteiger partial charge in [0, 0.05) is 0 Å². The number of methoxy groups -OCH3 is 2. The van der Waals surface area contributed by atoms with Crippen LogP contribution in [-0.2, 0) is 6.42 Å². The van der Waals surface area contributed by atoms with E-state index < -0.39 is 17.4 Å². The lowest BCUT2D eigenvalue weighted by molar-refractivity contribution is 0.331. The summed E-state index contributed by atoms with van der Waals surface area (Å²) in [5.74, 6) is -2.03. The molecule has 1 aromatic rings. The van der Waals surface area contributed by atoms with Crippen LogP contribution in [0, 0.1) is 11.6 Å². The Morgan fingerprint density at radius 1 is 1.20 bits per heavy atom. The van der Waals surface area contributed by atoms with Crippen LogP contribution in [0.25, 0.3) is 0 Å². The molecule has 0 aliphatic carbocycles. The number of ether oxygens (including phenoxy) is 2. The van der Waals surface area contributed by atoms with Crippen molar-refractivity contribution in [2.75, 3.05) is 20.8 Å². The smallest absolute Gasteiger partial charge is 0.209 e. The first-order valence-electron chi connectivity index (χ1n) is 4.44. The van der Waals surface area contributed by atoms with Gasteiger partial charge in [-0.25, -0.2) is 4.39 Å². The number of halogens is 2. The molecule has 0 saturated carbocycles. The van der Waals surface area contributed by atoms with E-state index >= 15 is 0 Å². The Hall–Kier alpha value is -1.36. The molecule has 1 aromatic carbocycles. The summed E-state index contributed by atoms with van der Waals surface area (Å²) >= 11 is 0. The molecule has 0 aromatic heterocycles. The molecule has 0 atom stereocenters. The summed E-state index contributed by atoms with van der Waals surface area (Å²) in [6.07, 6.45) is 0.304. The SMILES string of the molecule is COc1cc(CCN)c(F)c(OC)c1F. The lowest BCUT2D eigenvalue weighted by Crippen LogP contribution is -2.07. The normalized spacial score (nSPS) is 10.2. The lowest BCUT2D eigenvalue weighted by Gasteiger charge is -2.11. The van der Waals surface area contributed by atoms with Crippen LogP contribution < -0.4 is 15.2 Å². The first-order valence-corrected chi connectivity index (χ1v) is 4.44. The summed E-state index contributed by atoms with van der Waals surface area (Å²) in [5, 5.41) is 0. The van der Waals surface area contributed by atoms with Gasteiger partial charge in [-0.1, -0.05) is 0 Å². The standard InChI is InChI=1S/C10H13F2NO2/c1-14-7-5-6(3-4-13)8(11)10(15-2)9(7)12/h5H,3-4,13H2,1-2H3. The Balaban J connectivity index is 3.30. The van der Waals surface area contributed by atoms with Crippen molar-refractivity contribution in [3.8, 4) is 11.5 Å². The molecular formula is C10H13F2NO2. The number of rotatable bonds is 4. The molecule has 2 N–H and O–H groups in total. The average molecular weight is 217 g/mol. The van der Waals surface area contributed by atoms with E-state index in [-0.39, 0.29) is 17.9 Å². The molecule has 0 spiro atoms. The number of hydrogen-bond donors (Lipinski definition) is 1. The van der Waals surface area contributed by atoms with Crippen LogP contribution in [0.1, 0.15) is 5.56 Å². The third-order valence-corrected chi connectivity index (χ3v) is 2.04. The van der Waals surface area contributed by atoms with Crippen LogP contribution in [0.4, 0.5) is 8.78 Å². The van der Waals surface area contributed by atoms with Gasteiger partial charge in [-0.05, 0) is 24.6 Å². The first-order chi connectivity index (χ1) is 7.15. The highest BCUT2D eigenvalue weighted by Crippen LogP contribution is 2.32. The van der Waals surface area contributed by atoms with Crippen LogP contribution in [0.3, 0.4) is 0 Å². The molecule has 15 heavy (non-hydrogen) atoms. The van der Waals surface area contributed by atoms with Crippen molar-refractivity contribution in [3.05, 3.63) is 23.3 Å². The van der Waals surface area contributed by atoms with Crippen molar-refractivity contribution in [3.63, 3.8) is 0 Å². The number of hydrogen-bond acceptors (Lipinski definition) is 3. The number of benzene rings is 1. The molecule has 0 amide bonds. The summed E-state index contributed by atoms with van der Waals surface area (Å²) < 4.78 is 36.4. The zero-order chi connectivity index (χ0) is 11.4. The molecular weight excluding hydrogens is 204 g/mol. The molecule has 0 bridgehead atoms. The summed E-state index contributed by atoms with van der Waals surface area (Å²) in [7, 11) is 2.51. The van der Waals surface area contributed by atoms with Crippen LogP contribution in [0.15, 0.2) is 6.07 Å². The second-order valence-corrected chi connectivity index (χ2v) is 2.94. The van der Waals surface area contributed by atoms with E-state index in [4.69, 9.17) is 10.5 Å². The van der Waals surface area contributed by atoms with Crippen molar-refractivity contribution in [1.29, 1.82) is 0 Å². The topological polar surface area (TPSA) is 44.5 Å². The molecule has 0 fully saturated rings. The second-order valence-electron chi connectivity index (χ2n) is 2.94. The van der Waals surface area contributed by atoms with Crippen LogP contribution in [0.2, 0.25) is 0 Å². The molecule has 0 radical (unpaired) electrons. The predicted octanol–water partition coefficient (Wildman–Crippen LogP) is 1.48. The third-order valence-electron chi connectivity index (χ3n) is 2.04. The van der Waals surface area contributed by atoms with Crippen molar-refractivity contribution >= 4 is 0 Å². The highest BCUT2D eigenvalue weighted by atomic mass is 19.1. The summed E-state index contributed by atoms with van der Waals surface area (Å²) in [6.45, 7) is 0.273. The Morgan fingerprint density at radius 2 is 1.87 bits per heavy atom. The fraction of sp³-hybridized carbons (Fsp3) is 0.400. The van der Waals surface area contributed by atoms with Crippen LogP contribution >= 0.6 is 0 Å². The van der Waals surface area contributed by atoms with Gasteiger partial charge in [0.25, 0.3) is 0 Å². The monoisotopic (exact) mass is 217 g/mol. The molecule has 0 aliphatic heterocycles. The molecule has 0 saturated heterocycles. The summed E-state index contributed by atoms with van der Waals surface area (Å²) in [4.78, 5) is 0. The summed E-state index contributed by atoms with van der Waals surface area (Å²) in [5.41, 5.74) is 5.59. The van der Waals surface area contributed by atoms with E-state index in [2.05, 4.69) is 4.74 Å². The fourth-order valence-electron chi connectivity index (χ4n) is 1.30. The Kier molecular flexibility index (Phi) is 3.85. The highest BCUT2D eigenvalue weighted by molar-refractivity contribution is 5.42. The van der Waals surface area contributed by atoms with E-state index in [0.717, 1.165) is 0 Å². The first kappa shape index (κ1) is 11.7. The summed E-state index contributed by atoms with van der Waals surface area (Å²) in [6, 6.07) is 1.29. The van der Waals surface area contributed by atoms with E-state index in [9.17, 15) is 8.78 Å². The molecule has 1 rings (SSSR count).